The number of hydrogen-bond acceptors (Lipinski definition) is 0. The van der Waals surface area contributed by atoms with Gasteiger partial charge in [-0.2, -0.15) is 0 Å². The van der Waals surface area contributed by atoms with Crippen LogP contribution in [0.5, 0.6) is 0 Å². The summed E-state index contributed by atoms with van der Waals surface area (Å²) in [5.41, 5.74) is 0. The van der Waals surface area contributed by atoms with Crippen molar-refractivity contribution in [2.24, 2.45) is 47.3 Å². The normalized spacial score (nSPS) is 41.2. The fourth-order valence-corrected chi connectivity index (χ4v) is 3.99. The van der Waals surface area contributed by atoms with E-state index in [4.69, 9.17) is 0 Å². The third-order valence-corrected chi connectivity index (χ3v) is 5.67. The van der Waals surface area contributed by atoms with E-state index in [1.165, 1.54) is 12.8 Å². The van der Waals surface area contributed by atoms with Gasteiger partial charge in [0, 0.05) is 0 Å². The summed E-state index contributed by atoms with van der Waals surface area (Å²) in [5, 5.41) is 0. The first kappa shape index (κ1) is 12.5. The molecule has 6 unspecified atom stereocenters. The second kappa shape index (κ2) is 4.35. The minimum atomic E-state index is 0.916. The maximum Gasteiger partial charge on any atom is -0.0352 e. The summed E-state index contributed by atoms with van der Waals surface area (Å²) < 4.78 is 0. The van der Waals surface area contributed by atoms with E-state index >= 15 is 0 Å². The summed E-state index contributed by atoms with van der Waals surface area (Å²) in [6.07, 6.45) is 3.03. The van der Waals surface area contributed by atoms with E-state index in [0.29, 0.717) is 0 Å². The molecule has 6 atom stereocenters. The van der Waals surface area contributed by atoms with E-state index in [2.05, 4.69) is 41.5 Å². The zero-order valence-corrected chi connectivity index (χ0v) is 12.0. The molecule has 0 aromatic carbocycles. The lowest BCUT2D eigenvalue weighted by Crippen LogP contribution is -2.16. The molecule has 2 rings (SSSR count). The average molecular weight is 222 g/mol. The van der Waals surface area contributed by atoms with Gasteiger partial charge in [-0.25, -0.2) is 0 Å². The van der Waals surface area contributed by atoms with Crippen molar-refractivity contribution >= 4 is 0 Å². The predicted octanol–water partition coefficient (Wildman–Crippen LogP) is 4.84. The standard InChI is InChI=1S/C16H30/c1-9(2)13-7-15(13)11(5)12(6)16-8-14(16)10(3)4/h9-16H,7-8H2,1-6H3. The Morgan fingerprint density at radius 3 is 1.06 bits per heavy atom. The van der Waals surface area contributed by atoms with Crippen molar-refractivity contribution in [2.45, 2.75) is 54.4 Å². The van der Waals surface area contributed by atoms with Crippen LogP contribution in [0.15, 0.2) is 0 Å². The van der Waals surface area contributed by atoms with Gasteiger partial charge < -0.3 is 0 Å². The lowest BCUT2D eigenvalue weighted by atomic mass is 9.84. The lowest BCUT2D eigenvalue weighted by Gasteiger charge is -2.21. The van der Waals surface area contributed by atoms with Crippen LogP contribution in [0, 0.1) is 47.3 Å². The van der Waals surface area contributed by atoms with E-state index in [9.17, 15) is 0 Å². The van der Waals surface area contributed by atoms with E-state index in [-0.39, 0.29) is 0 Å². The van der Waals surface area contributed by atoms with Gasteiger partial charge in [-0.3, -0.25) is 0 Å². The second-order valence-electron chi connectivity index (χ2n) is 7.33. The Morgan fingerprint density at radius 1 is 0.562 bits per heavy atom. The van der Waals surface area contributed by atoms with E-state index < -0.39 is 0 Å². The molecule has 94 valence electrons. The third-order valence-electron chi connectivity index (χ3n) is 5.67. The molecule has 0 aliphatic heterocycles. The first-order valence-corrected chi connectivity index (χ1v) is 7.43. The SMILES string of the molecule is CC(C)C1CC1C(C)C(C)C1CC1C(C)C. The van der Waals surface area contributed by atoms with Crippen LogP contribution in [-0.2, 0) is 0 Å². The highest BCUT2D eigenvalue weighted by Gasteiger charge is 2.50. The molecule has 0 nitrogen and oxygen atoms in total. The van der Waals surface area contributed by atoms with Crippen LogP contribution in [0.25, 0.3) is 0 Å². The summed E-state index contributed by atoms with van der Waals surface area (Å²) in [4.78, 5) is 0. The zero-order valence-electron chi connectivity index (χ0n) is 12.0. The molecule has 0 radical (unpaired) electrons. The Hall–Kier alpha value is 0. The molecule has 0 amide bonds. The average Bonchev–Trinajstić information content (AvgIpc) is 3.05. The predicted molar refractivity (Wildman–Crippen MR) is 71.2 cm³/mol. The molecule has 0 heteroatoms. The van der Waals surface area contributed by atoms with Crippen molar-refractivity contribution in [1.82, 2.24) is 0 Å². The second-order valence-corrected chi connectivity index (χ2v) is 7.33. The van der Waals surface area contributed by atoms with Crippen LogP contribution in [0.2, 0.25) is 0 Å². The molecule has 0 bridgehead atoms. The summed E-state index contributed by atoms with van der Waals surface area (Å²) in [7, 11) is 0. The number of hydrogen-bond donors (Lipinski definition) is 0. The molecule has 2 aliphatic carbocycles. The van der Waals surface area contributed by atoms with Crippen molar-refractivity contribution in [3.05, 3.63) is 0 Å². The Balaban J connectivity index is 1.81. The summed E-state index contributed by atoms with van der Waals surface area (Å²) in [5.74, 6) is 8.00. The Morgan fingerprint density at radius 2 is 0.875 bits per heavy atom. The van der Waals surface area contributed by atoms with Crippen molar-refractivity contribution < 1.29 is 0 Å². The first-order chi connectivity index (χ1) is 7.43. The smallest absolute Gasteiger partial charge is 0.0352 e. The van der Waals surface area contributed by atoms with Crippen LogP contribution >= 0.6 is 0 Å². The van der Waals surface area contributed by atoms with Crippen LogP contribution in [-0.4, -0.2) is 0 Å². The van der Waals surface area contributed by atoms with Crippen molar-refractivity contribution in [3.8, 4) is 0 Å². The largest absolute Gasteiger partial charge is 0.0625 e. The molecule has 0 spiro atoms. The molecule has 0 saturated heterocycles. The van der Waals surface area contributed by atoms with Gasteiger partial charge in [-0.15, -0.1) is 0 Å². The Bertz CT molecular complexity index is 214. The molecular formula is C16H30. The highest BCUT2D eigenvalue weighted by molar-refractivity contribution is 4.99. The summed E-state index contributed by atoms with van der Waals surface area (Å²) >= 11 is 0. The van der Waals surface area contributed by atoms with E-state index in [0.717, 1.165) is 47.3 Å². The van der Waals surface area contributed by atoms with Gasteiger partial charge in [0.1, 0.15) is 0 Å². The minimum Gasteiger partial charge on any atom is -0.0625 e. The first-order valence-electron chi connectivity index (χ1n) is 7.43. The van der Waals surface area contributed by atoms with Crippen LogP contribution < -0.4 is 0 Å². The highest BCUT2D eigenvalue weighted by Crippen LogP contribution is 2.57. The maximum absolute atomic E-state index is 2.52. The van der Waals surface area contributed by atoms with Crippen LogP contribution in [0.1, 0.15) is 54.4 Å². The van der Waals surface area contributed by atoms with E-state index in [1.54, 1.807) is 0 Å². The highest BCUT2D eigenvalue weighted by atomic mass is 14.5. The Labute approximate surface area is 102 Å². The van der Waals surface area contributed by atoms with E-state index in [1.807, 2.05) is 0 Å². The molecule has 16 heavy (non-hydrogen) atoms. The fourth-order valence-electron chi connectivity index (χ4n) is 3.99. The molecule has 0 N–H and O–H groups in total. The molecule has 2 fully saturated rings. The van der Waals surface area contributed by atoms with Crippen molar-refractivity contribution in [2.75, 3.05) is 0 Å². The molecule has 0 aromatic rings. The zero-order chi connectivity index (χ0) is 12.0. The third kappa shape index (κ3) is 2.31. The quantitative estimate of drug-likeness (QED) is 0.624. The van der Waals surface area contributed by atoms with Gasteiger partial charge in [0.15, 0.2) is 0 Å². The van der Waals surface area contributed by atoms with Crippen LogP contribution in [0.3, 0.4) is 0 Å². The van der Waals surface area contributed by atoms with Gasteiger partial charge in [-0.05, 0) is 60.2 Å². The molecule has 2 saturated carbocycles. The molecule has 2 aliphatic rings. The van der Waals surface area contributed by atoms with Crippen molar-refractivity contribution in [3.63, 3.8) is 0 Å². The fraction of sp³-hybridized carbons (Fsp3) is 1.00. The summed E-state index contributed by atoms with van der Waals surface area (Å²) in [6.45, 7) is 14.6. The van der Waals surface area contributed by atoms with Crippen LogP contribution in [0.4, 0.5) is 0 Å². The van der Waals surface area contributed by atoms with Gasteiger partial charge in [0.2, 0.25) is 0 Å². The van der Waals surface area contributed by atoms with Crippen molar-refractivity contribution in [1.29, 1.82) is 0 Å². The summed E-state index contributed by atoms with van der Waals surface area (Å²) in [6, 6.07) is 0. The maximum atomic E-state index is 2.52. The topological polar surface area (TPSA) is 0 Å². The minimum absolute atomic E-state index is 0.916. The van der Waals surface area contributed by atoms with Gasteiger partial charge in [0.25, 0.3) is 0 Å². The lowest BCUT2D eigenvalue weighted by molar-refractivity contribution is 0.268. The Kier molecular flexibility index (Phi) is 3.39. The van der Waals surface area contributed by atoms with Gasteiger partial charge in [-0.1, -0.05) is 41.5 Å². The molecular weight excluding hydrogens is 192 g/mol. The monoisotopic (exact) mass is 222 g/mol. The molecule has 0 aromatic heterocycles. The van der Waals surface area contributed by atoms with Gasteiger partial charge in [0.05, 0.1) is 0 Å². The molecule has 0 heterocycles. The number of rotatable bonds is 5. The van der Waals surface area contributed by atoms with Gasteiger partial charge >= 0.3 is 0 Å².